The van der Waals surface area contributed by atoms with Gasteiger partial charge in [0.15, 0.2) is 6.10 Å². The van der Waals surface area contributed by atoms with Gasteiger partial charge in [0.1, 0.15) is 13.2 Å². The third-order valence-corrected chi connectivity index (χ3v) is 11.0. The molecule has 0 aliphatic carbocycles. The number of allylic oxidation sites excluding steroid dienone is 16. The topological polar surface area (TPSA) is 78.9 Å². The van der Waals surface area contributed by atoms with Gasteiger partial charge in [-0.05, 0) is 116 Å². The third kappa shape index (κ3) is 51.2. The Morgan fingerprint density at radius 2 is 0.615 bits per heavy atom. The lowest BCUT2D eigenvalue weighted by Crippen LogP contribution is -2.30. The summed E-state index contributed by atoms with van der Waals surface area (Å²) in [7, 11) is 0. The number of unbranched alkanes of at least 4 members (excludes halogenated alkanes) is 20. The minimum Gasteiger partial charge on any atom is -0.462 e. The zero-order chi connectivity index (χ0) is 47.2. The van der Waals surface area contributed by atoms with Gasteiger partial charge in [-0.3, -0.25) is 14.4 Å². The van der Waals surface area contributed by atoms with Crippen molar-refractivity contribution in [2.24, 2.45) is 0 Å². The maximum Gasteiger partial charge on any atom is 0.306 e. The Morgan fingerprint density at radius 3 is 1.03 bits per heavy atom. The zero-order valence-electron chi connectivity index (χ0n) is 42.2. The number of esters is 3. The number of hydrogen-bond donors (Lipinski definition) is 0. The molecule has 0 bridgehead atoms. The van der Waals surface area contributed by atoms with Gasteiger partial charge in [0, 0.05) is 19.3 Å². The van der Waals surface area contributed by atoms with Crippen LogP contribution in [-0.2, 0) is 28.6 Å². The van der Waals surface area contributed by atoms with Crippen LogP contribution in [0.2, 0.25) is 0 Å². The molecule has 0 saturated heterocycles. The van der Waals surface area contributed by atoms with Crippen LogP contribution in [0.1, 0.15) is 239 Å². The largest absolute Gasteiger partial charge is 0.462 e. The molecule has 0 N–H and O–H groups in total. The quantitative estimate of drug-likeness (QED) is 0.0262. The van der Waals surface area contributed by atoms with Crippen LogP contribution in [0.25, 0.3) is 0 Å². The molecule has 370 valence electrons. The average molecular weight is 903 g/mol. The third-order valence-electron chi connectivity index (χ3n) is 11.0. The number of carbonyl (C=O) groups is 3. The summed E-state index contributed by atoms with van der Waals surface area (Å²) in [6.07, 6.45) is 69.7. The fraction of sp³-hybridized carbons (Fsp3) is 0.678. The monoisotopic (exact) mass is 903 g/mol. The molecule has 0 fully saturated rings. The lowest BCUT2D eigenvalue weighted by Gasteiger charge is -2.18. The van der Waals surface area contributed by atoms with E-state index in [4.69, 9.17) is 14.2 Å². The van der Waals surface area contributed by atoms with Crippen LogP contribution in [0.3, 0.4) is 0 Å². The Bertz CT molecular complexity index is 1310. The predicted octanol–water partition coefficient (Wildman–Crippen LogP) is 17.8. The van der Waals surface area contributed by atoms with Crippen molar-refractivity contribution in [1.82, 2.24) is 0 Å². The van der Waals surface area contributed by atoms with Crippen molar-refractivity contribution in [3.63, 3.8) is 0 Å². The van der Waals surface area contributed by atoms with Crippen LogP contribution in [0.15, 0.2) is 97.2 Å². The second-order valence-corrected chi connectivity index (χ2v) is 17.4. The molecule has 6 heteroatoms. The van der Waals surface area contributed by atoms with E-state index in [1.54, 1.807) is 0 Å². The SMILES string of the molecule is CC/C=C\C/C=C\C/C=C\C/C=C\CCCCCCC(=O)OC[C@H](COC(=O)CCC/C=C\C/C=C\C/C=C\CCCCCCCC)OC(=O)CCCCCCC/C=C\CCCCCC. The van der Waals surface area contributed by atoms with E-state index in [2.05, 4.69) is 118 Å². The standard InChI is InChI=1S/C59H98O6/c1-4-7-10-13-16-19-22-25-27-29-31-34-36-39-42-45-48-51-57(60)63-54-56(65-59(62)53-50-47-44-41-38-33-24-21-18-15-12-9-6-3)55-64-58(61)52-49-46-43-40-37-35-32-30-28-26-23-20-17-14-11-8-5-2/h7,10,16,19,21,24-28,31-32,34-35,40,43,56H,4-6,8-9,11-15,17-18,20,22-23,29-30,33,36-39,41-42,44-55H2,1-3H3/b10-7-,19-16-,24-21-,27-25-,28-26-,34-31-,35-32-,43-40-/t56-/m1/s1. The average Bonchev–Trinajstić information content (AvgIpc) is 3.30. The minimum atomic E-state index is -0.813. The van der Waals surface area contributed by atoms with E-state index < -0.39 is 6.10 Å². The van der Waals surface area contributed by atoms with E-state index in [0.29, 0.717) is 19.3 Å². The molecule has 0 aromatic rings. The van der Waals surface area contributed by atoms with E-state index in [1.165, 1.54) is 83.5 Å². The van der Waals surface area contributed by atoms with Crippen LogP contribution in [-0.4, -0.2) is 37.2 Å². The molecule has 0 aliphatic rings. The highest BCUT2D eigenvalue weighted by molar-refractivity contribution is 5.71. The molecule has 6 nitrogen and oxygen atoms in total. The van der Waals surface area contributed by atoms with Crippen molar-refractivity contribution >= 4 is 17.9 Å². The summed E-state index contributed by atoms with van der Waals surface area (Å²) in [5, 5.41) is 0. The second-order valence-electron chi connectivity index (χ2n) is 17.4. The van der Waals surface area contributed by atoms with Gasteiger partial charge in [0.25, 0.3) is 0 Å². The second kappa shape index (κ2) is 52.9. The van der Waals surface area contributed by atoms with Crippen LogP contribution in [0.5, 0.6) is 0 Å². The summed E-state index contributed by atoms with van der Waals surface area (Å²) in [4.78, 5) is 38.0. The number of rotatable bonds is 47. The molecule has 0 unspecified atom stereocenters. The van der Waals surface area contributed by atoms with Crippen LogP contribution < -0.4 is 0 Å². The molecule has 1 atom stereocenters. The number of ether oxygens (including phenoxy) is 3. The Morgan fingerprint density at radius 1 is 0.323 bits per heavy atom. The molecule has 0 amide bonds. The lowest BCUT2D eigenvalue weighted by molar-refractivity contribution is -0.167. The minimum absolute atomic E-state index is 0.110. The molecule has 0 saturated carbocycles. The van der Waals surface area contributed by atoms with Crippen molar-refractivity contribution in [2.75, 3.05) is 13.2 Å². The predicted molar refractivity (Wildman–Crippen MR) is 279 cm³/mol. The Labute approximate surface area is 400 Å². The summed E-state index contributed by atoms with van der Waals surface area (Å²) in [6.45, 7) is 6.42. The molecular weight excluding hydrogens is 805 g/mol. The summed E-state index contributed by atoms with van der Waals surface area (Å²) in [5.41, 5.74) is 0. The lowest BCUT2D eigenvalue weighted by atomic mass is 10.1. The van der Waals surface area contributed by atoms with Crippen molar-refractivity contribution in [2.45, 2.75) is 245 Å². The molecule has 0 radical (unpaired) electrons. The van der Waals surface area contributed by atoms with Crippen molar-refractivity contribution in [3.8, 4) is 0 Å². The molecule has 0 aromatic heterocycles. The van der Waals surface area contributed by atoms with Gasteiger partial charge in [0.05, 0.1) is 0 Å². The van der Waals surface area contributed by atoms with E-state index in [0.717, 1.165) is 109 Å². The summed E-state index contributed by atoms with van der Waals surface area (Å²) in [6, 6.07) is 0. The van der Waals surface area contributed by atoms with E-state index in [-0.39, 0.29) is 37.5 Å². The highest BCUT2D eigenvalue weighted by atomic mass is 16.6. The van der Waals surface area contributed by atoms with E-state index in [1.807, 2.05) is 0 Å². The zero-order valence-corrected chi connectivity index (χ0v) is 42.2. The van der Waals surface area contributed by atoms with Crippen LogP contribution >= 0.6 is 0 Å². The highest BCUT2D eigenvalue weighted by Gasteiger charge is 2.19. The first-order valence-corrected chi connectivity index (χ1v) is 26.7. The fourth-order valence-electron chi connectivity index (χ4n) is 7.03. The molecule has 65 heavy (non-hydrogen) atoms. The first-order chi connectivity index (χ1) is 32.0. The molecule has 0 aliphatic heterocycles. The van der Waals surface area contributed by atoms with E-state index >= 15 is 0 Å². The molecule has 0 heterocycles. The molecule has 0 rings (SSSR count). The van der Waals surface area contributed by atoms with Crippen molar-refractivity contribution < 1.29 is 28.6 Å². The van der Waals surface area contributed by atoms with Gasteiger partial charge in [-0.15, -0.1) is 0 Å². The summed E-state index contributed by atoms with van der Waals surface area (Å²) in [5.74, 6) is -0.996. The normalized spacial score (nSPS) is 12.8. The molecular formula is C59H98O6. The van der Waals surface area contributed by atoms with Gasteiger partial charge in [-0.25, -0.2) is 0 Å². The smallest absolute Gasteiger partial charge is 0.306 e. The van der Waals surface area contributed by atoms with Crippen LogP contribution in [0, 0.1) is 0 Å². The number of carbonyl (C=O) groups excluding carboxylic acids is 3. The maximum atomic E-state index is 12.8. The summed E-state index contributed by atoms with van der Waals surface area (Å²) < 4.78 is 16.7. The first kappa shape index (κ1) is 61.3. The van der Waals surface area contributed by atoms with Gasteiger partial charge in [-0.2, -0.15) is 0 Å². The highest BCUT2D eigenvalue weighted by Crippen LogP contribution is 2.13. The van der Waals surface area contributed by atoms with Crippen molar-refractivity contribution in [3.05, 3.63) is 97.2 Å². The van der Waals surface area contributed by atoms with E-state index in [9.17, 15) is 14.4 Å². The number of hydrogen-bond acceptors (Lipinski definition) is 6. The first-order valence-electron chi connectivity index (χ1n) is 26.7. The van der Waals surface area contributed by atoms with Gasteiger partial charge in [0.2, 0.25) is 0 Å². The Hall–Kier alpha value is -3.67. The van der Waals surface area contributed by atoms with Gasteiger partial charge >= 0.3 is 17.9 Å². The van der Waals surface area contributed by atoms with Crippen LogP contribution in [0.4, 0.5) is 0 Å². The van der Waals surface area contributed by atoms with Crippen molar-refractivity contribution in [1.29, 1.82) is 0 Å². The Balaban J connectivity index is 4.51. The summed E-state index contributed by atoms with van der Waals surface area (Å²) >= 11 is 0. The maximum absolute atomic E-state index is 12.8. The molecule has 0 spiro atoms. The van der Waals surface area contributed by atoms with Gasteiger partial charge < -0.3 is 14.2 Å². The van der Waals surface area contributed by atoms with Gasteiger partial charge in [-0.1, -0.05) is 201 Å². The Kier molecular flexibility index (Phi) is 50.0. The fourth-order valence-corrected chi connectivity index (χ4v) is 7.03. The molecule has 0 aromatic carbocycles.